The largest absolute Gasteiger partial charge is 0.290 e. The highest BCUT2D eigenvalue weighted by molar-refractivity contribution is 7.09. The van der Waals surface area contributed by atoms with Gasteiger partial charge in [-0.3, -0.25) is 4.90 Å². The van der Waals surface area contributed by atoms with Crippen molar-refractivity contribution in [2.45, 2.75) is 39.2 Å². The zero-order chi connectivity index (χ0) is 13.8. The molecule has 0 aliphatic heterocycles. The molecule has 0 saturated carbocycles. The Balaban J connectivity index is 2.66. The van der Waals surface area contributed by atoms with Crippen molar-refractivity contribution in [3.05, 3.63) is 16.1 Å². The molecule has 0 spiro atoms. The second kappa shape index (κ2) is 6.78. The van der Waals surface area contributed by atoms with Crippen LogP contribution in [0.3, 0.4) is 0 Å². The van der Waals surface area contributed by atoms with Crippen molar-refractivity contribution in [2.75, 3.05) is 19.0 Å². The maximum absolute atomic E-state index is 12.4. The molecule has 0 aliphatic carbocycles. The topological polar surface area (TPSA) is 16.1 Å². The van der Waals surface area contributed by atoms with Crippen LogP contribution in [0.5, 0.6) is 0 Å². The Hall–Kier alpha value is -0.260. The third-order valence-electron chi connectivity index (χ3n) is 2.48. The van der Waals surface area contributed by atoms with Gasteiger partial charge < -0.3 is 0 Å². The maximum atomic E-state index is 12.4. The van der Waals surface area contributed by atoms with Gasteiger partial charge in [0.2, 0.25) is 0 Å². The minimum absolute atomic E-state index is 0.00518. The maximum Gasteiger partial charge on any atom is 0.251 e. The number of aromatic nitrogens is 1. The molecule has 1 aromatic heterocycles. The van der Waals surface area contributed by atoms with E-state index in [-0.39, 0.29) is 12.0 Å². The van der Waals surface area contributed by atoms with Gasteiger partial charge in [0.25, 0.3) is 6.43 Å². The highest BCUT2D eigenvalue weighted by Crippen LogP contribution is 2.24. The lowest BCUT2D eigenvalue weighted by atomic mass is 9.93. The molecule has 0 aromatic carbocycles. The molecule has 0 amide bonds. The van der Waals surface area contributed by atoms with Crippen LogP contribution >= 0.6 is 22.9 Å². The van der Waals surface area contributed by atoms with Crippen molar-refractivity contribution in [3.63, 3.8) is 0 Å². The van der Waals surface area contributed by atoms with E-state index in [1.807, 2.05) is 5.38 Å². The van der Waals surface area contributed by atoms with Crippen LogP contribution in [-0.2, 0) is 12.0 Å². The third kappa shape index (κ3) is 5.16. The minimum atomic E-state index is -2.34. The van der Waals surface area contributed by atoms with Crippen LogP contribution in [0.2, 0.25) is 0 Å². The van der Waals surface area contributed by atoms with Crippen molar-refractivity contribution in [1.82, 2.24) is 9.88 Å². The summed E-state index contributed by atoms with van der Waals surface area (Å²) in [7, 11) is 0. The second-order valence-electron chi connectivity index (χ2n) is 5.19. The number of nitrogens with zero attached hydrogens (tertiary/aromatic N) is 2. The van der Waals surface area contributed by atoms with E-state index < -0.39 is 6.43 Å². The van der Waals surface area contributed by atoms with E-state index in [2.05, 4.69) is 25.8 Å². The first-order chi connectivity index (χ1) is 8.32. The summed E-state index contributed by atoms with van der Waals surface area (Å²) in [5.41, 5.74) is 1.000. The van der Waals surface area contributed by atoms with Crippen LogP contribution < -0.4 is 0 Å². The van der Waals surface area contributed by atoms with Gasteiger partial charge in [-0.05, 0) is 0 Å². The zero-order valence-electron chi connectivity index (χ0n) is 10.9. The van der Waals surface area contributed by atoms with E-state index in [9.17, 15) is 8.78 Å². The van der Waals surface area contributed by atoms with Crippen molar-refractivity contribution < 1.29 is 8.78 Å². The first-order valence-electron chi connectivity index (χ1n) is 5.84. The quantitative estimate of drug-likeness (QED) is 0.743. The van der Waals surface area contributed by atoms with Crippen LogP contribution in [0.25, 0.3) is 0 Å². The van der Waals surface area contributed by atoms with Gasteiger partial charge in [0.1, 0.15) is 5.01 Å². The Labute approximate surface area is 116 Å². The summed E-state index contributed by atoms with van der Waals surface area (Å²) in [5, 5.41) is 2.86. The van der Waals surface area contributed by atoms with Gasteiger partial charge in [-0.2, -0.15) is 0 Å². The number of alkyl halides is 3. The Morgan fingerprint density at radius 2 is 2.11 bits per heavy atom. The van der Waals surface area contributed by atoms with Crippen molar-refractivity contribution in [3.8, 4) is 0 Å². The van der Waals surface area contributed by atoms with E-state index in [0.29, 0.717) is 19.0 Å². The average molecular weight is 297 g/mol. The number of thiazole rings is 1. The zero-order valence-corrected chi connectivity index (χ0v) is 12.5. The van der Waals surface area contributed by atoms with E-state index in [0.717, 1.165) is 10.7 Å². The summed E-state index contributed by atoms with van der Waals surface area (Å²) in [5.74, 6) is 0.351. The summed E-state index contributed by atoms with van der Waals surface area (Å²) < 4.78 is 24.8. The molecule has 104 valence electrons. The van der Waals surface area contributed by atoms with Crippen LogP contribution in [-0.4, -0.2) is 35.3 Å². The number of hydrogen-bond donors (Lipinski definition) is 0. The van der Waals surface area contributed by atoms with Crippen molar-refractivity contribution >= 4 is 22.9 Å². The first-order valence-corrected chi connectivity index (χ1v) is 7.25. The van der Waals surface area contributed by atoms with Crippen LogP contribution in [0, 0.1) is 0 Å². The molecule has 0 radical (unpaired) electrons. The van der Waals surface area contributed by atoms with Gasteiger partial charge in [-0.25, -0.2) is 13.8 Å². The molecule has 0 unspecified atom stereocenters. The number of halogens is 3. The normalized spacial score (nSPS) is 12.7. The number of rotatable bonds is 6. The van der Waals surface area contributed by atoms with Crippen LogP contribution in [0.4, 0.5) is 8.78 Å². The van der Waals surface area contributed by atoms with Gasteiger partial charge in [-0.1, -0.05) is 20.8 Å². The molecule has 6 heteroatoms. The van der Waals surface area contributed by atoms with E-state index >= 15 is 0 Å². The SMILES string of the molecule is CC(C)(C)c1csc(CN(CCCl)CC(F)F)n1. The molecule has 1 aromatic rings. The summed E-state index contributed by atoms with van der Waals surface area (Å²) >= 11 is 7.14. The number of hydrogen-bond acceptors (Lipinski definition) is 3. The lowest BCUT2D eigenvalue weighted by Gasteiger charge is -2.19. The second-order valence-corrected chi connectivity index (χ2v) is 6.51. The molecular formula is C12H19ClF2N2S. The van der Waals surface area contributed by atoms with E-state index in [1.54, 1.807) is 4.90 Å². The molecule has 18 heavy (non-hydrogen) atoms. The smallest absolute Gasteiger partial charge is 0.251 e. The fourth-order valence-electron chi connectivity index (χ4n) is 1.47. The predicted molar refractivity (Wildman–Crippen MR) is 72.8 cm³/mol. The average Bonchev–Trinajstić information content (AvgIpc) is 2.64. The summed E-state index contributed by atoms with van der Waals surface area (Å²) in [6, 6.07) is 0. The Kier molecular flexibility index (Phi) is 5.95. The monoisotopic (exact) mass is 296 g/mol. The summed E-state index contributed by atoms with van der Waals surface area (Å²) in [6.45, 7) is 6.90. The molecule has 1 rings (SSSR count). The summed E-state index contributed by atoms with van der Waals surface area (Å²) in [6.07, 6.45) is -2.34. The van der Waals surface area contributed by atoms with Gasteiger partial charge in [0, 0.05) is 23.2 Å². The third-order valence-corrected chi connectivity index (χ3v) is 3.48. The van der Waals surface area contributed by atoms with E-state index in [4.69, 9.17) is 11.6 Å². The molecule has 0 fully saturated rings. The predicted octanol–water partition coefficient (Wildman–Crippen LogP) is 3.75. The van der Waals surface area contributed by atoms with E-state index in [1.165, 1.54) is 11.3 Å². The summed E-state index contributed by atoms with van der Waals surface area (Å²) in [4.78, 5) is 6.14. The van der Waals surface area contributed by atoms with Crippen LogP contribution in [0.15, 0.2) is 5.38 Å². The Bertz CT molecular complexity index is 363. The lowest BCUT2D eigenvalue weighted by molar-refractivity contribution is 0.0878. The molecule has 0 N–H and O–H groups in total. The lowest BCUT2D eigenvalue weighted by Crippen LogP contribution is -2.30. The fourth-order valence-corrected chi connectivity index (χ4v) is 2.77. The molecular weight excluding hydrogens is 278 g/mol. The molecule has 0 bridgehead atoms. The van der Waals surface area contributed by atoms with Gasteiger partial charge in [-0.15, -0.1) is 22.9 Å². The van der Waals surface area contributed by atoms with Gasteiger partial charge in [0.05, 0.1) is 18.8 Å². The Morgan fingerprint density at radius 1 is 1.44 bits per heavy atom. The standard InChI is InChI=1S/C12H19ClF2N2S/c1-12(2,3)9-8-18-11(16-9)7-17(5-4-13)6-10(14)15/h8,10H,4-7H2,1-3H3. The Morgan fingerprint density at radius 3 is 2.56 bits per heavy atom. The van der Waals surface area contributed by atoms with Gasteiger partial charge >= 0.3 is 0 Å². The minimum Gasteiger partial charge on any atom is -0.290 e. The van der Waals surface area contributed by atoms with Crippen molar-refractivity contribution in [1.29, 1.82) is 0 Å². The fraction of sp³-hybridized carbons (Fsp3) is 0.750. The highest BCUT2D eigenvalue weighted by Gasteiger charge is 2.19. The first kappa shape index (κ1) is 15.8. The molecule has 2 nitrogen and oxygen atoms in total. The molecule has 0 aliphatic rings. The van der Waals surface area contributed by atoms with Gasteiger partial charge in [0.15, 0.2) is 0 Å². The molecule has 0 atom stereocenters. The molecule has 0 saturated heterocycles. The highest BCUT2D eigenvalue weighted by atomic mass is 35.5. The molecule has 1 heterocycles. The van der Waals surface area contributed by atoms with Crippen molar-refractivity contribution in [2.24, 2.45) is 0 Å². The van der Waals surface area contributed by atoms with Crippen LogP contribution in [0.1, 0.15) is 31.5 Å².